The first kappa shape index (κ1) is 27.9. The number of nitrogens with one attached hydrogen (secondary N) is 1. The molecule has 13 nitrogen and oxygen atoms in total. The number of hydrogen-bond acceptors (Lipinski definition) is 9. The molecular formula is C23H26N4O9S. The van der Waals surface area contributed by atoms with Gasteiger partial charge in [0.15, 0.2) is 12.3 Å². The van der Waals surface area contributed by atoms with Gasteiger partial charge in [-0.1, -0.05) is 18.2 Å². The van der Waals surface area contributed by atoms with Gasteiger partial charge >= 0.3 is 17.0 Å². The zero-order valence-corrected chi connectivity index (χ0v) is 21.6. The van der Waals surface area contributed by atoms with Crippen LogP contribution in [0.4, 0.5) is 0 Å². The Morgan fingerprint density at radius 2 is 1.86 bits per heavy atom. The van der Waals surface area contributed by atoms with E-state index in [1.54, 1.807) is 51.1 Å². The number of ether oxygens (including phenoxy) is 4. The summed E-state index contributed by atoms with van der Waals surface area (Å²) in [6.07, 6.45) is 0. The summed E-state index contributed by atoms with van der Waals surface area (Å²) in [6.45, 7) is 4.88. The van der Waals surface area contributed by atoms with Crippen LogP contribution in [0.2, 0.25) is 0 Å². The third-order valence-corrected chi connectivity index (χ3v) is 7.18. The van der Waals surface area contributed by atoms with E-state index >= 15 is 0 Å². The van der Waals surface area contributed by atoms with Crippen LogP contribution in [0, 0.1) is 5.41 Å². The molecule has 3 atom stereocenters. The first-order valence-electron chi connectivity index (χ1n) is 10.9. The Bertz CT molecular complexity index is 1190. The molecule has 0 spiro atoms. The van der Waals surface area contributed by atoms with Gasteiger partial charge in [-0.05, 0) is 39.8 Å². The lowest BCUT2D eigenvalue weighted by atomic mass is 9.97. The molecule has 1 saturated heterocycles. The largest absolute Gasteiger partial charge is 0.604 e. The van der Waals surface area contributed by atoms with Crippen LogP contribution in [0.5, 0.6) is 5.75 Å². The minimum Gasteiger partial charge on any atom is -0.604 e. The van der Waals surface area contributed by atoms with E-state index in [2.05, 4.69) is 10.1 Å². The first-order chi connectivity index (χ1) is 17.4. The number of amides is 2. The summed E-state index contributed by atoms with van der Waals surface area (Å²) in [5.74, 6) is -3.04. The Morgan fingerprint density at radius 3 is 2.43 bits per heavy atom. The average molecular weight is 535 g/mol. The predicted molar refractivity (Wildman–Crippen MR) is 126 cm³/mol. The van der Waals surface area contributed by atoms with Crippen molar-refractivity contribution in [2.45, 2.75) is 38.8 Å². The van der Waals surface area contributed by atoms with Crippen LogP contribution >= 0.6 is 0 Å². The number of fused-ring (bicyclic) bond motifs is 1. The van der Waals surface area contributed by atoms with Crippen molar-refractivity contribution in [3.05, 3.63) is 47.1 Å². The van der Waals surface area contributed by atoms with Gasteiger partial charge in [0.25, 0.3) is 22.9 Å². The van der Waals surface area contributed by atoms with E-state index in [0.717, 1.165) is 12.0 Å². The number of β-lactam (4-membered cyclic amide) rings is 1. The molecule has 14 heteroatoms. The van der Waals surface area contributed by atoms with Crippen LogP contribution < -0.4 is 10.1 Å². The Morgan fingerprint density at radius 1 is 1.22 bits per heavy atom. The Balaban J connectivity index is 1.81. The number of carbonyl (C=O) groups excluding carboxylic acids is 4. The second kappa shape index (κ2) is 10.7. The smallest absolute Gasteiger partial charge is 0.490 e. The van der Waals surface area contributed by atoms with Crippen molar-refractivity contribution in [1.82, 2.24) is 10.2 Å². The molecule has 0 saturated carbocycles. The van der Waals surface area contributed by atoms with Gasteiger partial charge < -0.3 is 34.3 Å². The Hall–Kier alpha value is -3.71. The number of carbonyl (C=O) groups is 4. The number of rotatable bonds is 8. The molecule has 2 heterocycles. The lowest BCUT2D eigenvalue weighted by Gasteiger charge is -2.53. The van der Waals surface area contributed by atoms with Crippen LogP contribution in [0.3, 0.4) is 0 Å². The number of benzene rings is 1. The monoisotopic (exact) mass is 534 g/mol. The molecule has 1 aromatic carbocycles. The maximum Gasteiger partial charge on any atom is 0.490 e. The van der Waals surface area contributed by atoms with Gasteiger partial charge in [-0.2, -0.15) is 0 Å². The topological polar surface area (TPSA) is 180 Å². The summed E-state index contributed by atoms with van der Waals surface area (Å²) in [4.78, 5) is 54.5. The average Bonchev–Trinajstić information content (AvgIpc) is 2.85. The number of esters is 2. The molecule has 0 aromatic heterocycles. The van der Waals surface area contributed by atoms with Crippen LogP contribution in [0.1, 0.15) is 27.7 Å². The second-order valence-corrected chi connectivity index (χ2v) is 10.5. The maximum absolute atomic E-state index is 13.3. The fourth-order valence-electron chi connectivity index (χ4n) is 3.56. The van der Waals surface area contributed by atoms with E-state index in [-0.39, 0.29) is 5.57 Å². The van der Waals surface area contributed by atoms with Gasteiger partial charge in [-0.3, -0.25) is 14.4 Å². The quantitative estimate of drug-likeness (QED) is 0.124. The highest BCUT2D eigenvalue weighted by molar-refractivity contribution is 8.07. The number of methoxy groups -OCH3 is 1. The minimum absolute atomic E-state index is 0.110. The molecule has 0 aliphatic carbocycles. The Kier molecular flexibility index (Phi) is 8.08. The van der Waals surface area contributed by atoms with Gasteiger partial charge in [0.2, 0.25) is 6.79 Å². The summed E-state index contributed by atoms with van der Waals surface area (Å²) >= 11 is -2.23. The lowest BCUT2D eigenvalue weighted by molar-refractivity contribution is -0.195. The molecule has 2 unspecified atom stereocenters. The summed E-state index contributed by atoms with van der Waals surface area (Å²) in [6, 6.07) is 8.43. The fourth-order valence-corrected chi connectivity index (χ4v) is 5.20. The minimum atomic E-state index is -2.23. The molecule has 2 aliphatic rings. The van der Waals surface area contributed by atoms with E-state index < -0.39 is 75.6 Å². The predicted octanol–water partition coefficient (Wildman–Crippen LogP) is 0.447. The van der Waals surface area contributed by atoms with Gasteiger partial charge in [-0.15, -0.1) is 4.79 Å². The highest BCUT2D eigenvalue weighted by atomic mass is 32.2. The highest BCUT2D eigenvalue weighted by Gasteiger charge is 2.75. The molecule has 37 heavy (non-hydrogen) atoms. The van der Waals surface area contributed by atoms with Gasteiger partial charge in [-0.25, -0.2) is 9.69 Å². The van der Waals surface area contributed by atoms with E-state index in [4.69, 9.17) is 18.9 Å². The normalized spacial score (nSPS) is 22.9. The maximum atomic E-state index is 13.3. The van der Waals surface area contributed by atoms with E-state index in [1.807, 2.05) is 0 Å². The zero-order valence-electron chi connectivity index (χ0n) is 20.8. The third-order valence-electron chi connectivity index (χ3n) is 5.47. The van der Waals surface area contributed by atoms with Crippen molar-refractivity contribution >= 4 is 40.0 Å². The summed E-state index contributed by atoms with van der Waals surface area (Å²) < 4.78 is 33.8. The molecule has 3 rings (SSSR count). The fraction of sp³-hybridized carbons (Fsp3) is 0.435. The zero-order chi connectivity index (χ0) is 27.5. The highest BCUT2D eigenvalue weighted by Crippen LogP contribution is 2.44. The van der Waals surface area contributed by atoms with E-state index in [1.165, 1.54) is 6.92 Å². The first-order valence-corrected chi connectivity index (χ1v) is 12.2. The van der Waals surface area contributed by atoms with Crippen LogP contribution in [0.15, 0.2) is 41.6 Å². The standard InChI is InChI=1S/C23H26N4O9S/c1-13-16(18(29)35-12-36-21(31)22(2,3)4)27-19(30)23(33-5,20(27)37(32)17(13)26-24)25-15(28)11-34-14-9-7-6-8-10-14/h6-10,20H,11-12H2,1-5H3,(H,25,28)/t20-,23?,37?/m1/s1. The summed E-state index contributed by atoms with van der Waals surface area (Å²) in [5, 5.41) is 0.472. The van der Waals surface area contributed by atoms with Crippen LogP contribution in [-0.4, -0.2) is 74.6 Å². The molecule has 0 radical (unpaired) electrons. The lowest BCUT2D eigenvalue weighted by Crippen LogP contribution is -2.84. The van der Waals surface area contributed by atoms with Crippen LogP contribution in [0.25, 0.3) is 5.53 Å². The molecule has 198 valence electrons. The van der Waals surface area contributed by atoms with Crippen molar-refractivity contribution in [2.24, 2.45) is 5.41 Å². The molecule has 1 N–H and O–H groups in total. The van der Waals surface area contributed by atoms with Crippen molar-refractivity contribution in [3.8, 4) is 5.75 Å². The molecule has 1 fully saturated rings. The third kappa shape index (κ3) is 5.23. The van der Waals surface area contributed by atoms with Crippen molar-refractivity contribution in [3.63, 3.8) is 0 Å². The van der Waals surface area contributed by atoms with Crippen LogP contribution in [-0.2, 0) is 44.6 Å². The number of nitrogens with zero attached hydrogens (tertiary/aromatic N) is 3. The van der Waals surface area contributed by atoms with Crippen molar-refractivity contribution in [2.75, 3.05) is 20.5 Å². The number of hydrogen-bond donors (Lipinski definition) is 1. The van der Waals surface area contributed by atoms with Crippen molar-refractivity contribution in [1.29, 1.82) is 0 Å². The molecular weight excluding hydrogens is 508 g/mol. The summed E-state index contributed by atoms with van der Waals surface area (Å²) in [5.41, 5.74) is 5.97. The summed E-state index contributed by atoms with van der Waals surface area (Å²) in [7, 11) is 1.11. The SMILES string of the molecule is COC1(NC(=O)COc2ccccc2)C(=O)N2C(C(=O)OCOC(=O)C(C)(C)C)=C(C)C(=[N+]=[N-])[S+]([O-])[C@@H]21. The van der Waals surface area contributed by atoms with Gasteiger partial charge in [0.05, 0.1) is 5.41 Å². The van der Waals surface area contributed by atoms with Gasteiger partial charge in [0, 0.05) is 7.11 Å². The second-order valence-electron chi connectivity index (χ2n) is 9.02. The molecule has 1 aromatic rings. The molecule has 2 amide bonds. The van der Waals surface area contributed by atoms with E-state index in [9.17, 15) is 29.3 Å². The van der Waals surface area contributed by atoms with Gasteiger partial charge in [0.1, 0.15) is 22.5 Å². The van der Waals surface area contributed by atoms with E-state index in [0.29, 0.717) is 5.75 Å². The number of para-hydroxylation sites is 1. The van der Waals surface area contributed by atoms with Crippen molar-refractivity contribution < 1.29 is 47.5 Å². The Labute approximate surface area is 215 Å². The molecule has 0 bridgehead atoms. The molecule has 2 aliphatic heterocycles.